The molecule has 0 fully saturated rings. The smallest absolute Gasteiger partial charge is 0.255 e. The topological polar surface area (TPSA) is 99.0 Å². The molecule has 6 nitrogen and oxygen atoms in total. The second-order valence-electron chi connectivity index (χ2n) is 4.05. The number of aliphatic hydroxyl groups excluding tert-OH is 3. The van der Waals surface area contributed by atoms with Crippen molar-refractivity contribution in [1.82, 2.24) is 5.32 Å². The lowest BCUT2D eigenvalue weighted by atomic mass is 10.0. The van der Waals surface area contributed by atoms with Crippen LogP contribution in [0.3, 0.4) is 0 Å². The fourth-order valence-electron chi connectivity index (χ4n) is 1.43. The number of halogens is 1. The molecular formula is C12H16BrNO5. The predicted octanol–water partition coefficient (Wildman–Crippen LogP) is -0.0968. The molecule has 7 heteroatoms. The van der Waals surface area contributed by atoms with Gasteiger partial charge in [-0.15, -0.1) is 0 Å². The van der Waals surface area contributed by atoms with Gasteiger partial charge < -0.3 is 25.4 Å². The van der Waals surface area contributed by atoms with Gasteiger partial charge in [-0.25, -0.2) is 0 Å². The van der Waals surface area contributed by atoms with Crippen LogP contribution in [0.1, 0.15) is 10.4 Å². The molecule has 1 amide bonds. The van der Waals surface area contributed by atoms with Gasteiger partial charge in [0.05, 0.1) is 32.5 Å². The van der Waals surface area contributed by atoms with Crippen molar-refractivity contribution in [1.29, 1.82) is 0 Å². The second kappa shape index (κ2) is 6.85. The third-order valence-electron chi connectivity index (χ3n) is 2.69. The summed E-state index contributed by atoms with van der Waals surface area (Å²) in [5.41, 5.74) is -1.22. The van der Waals surface area contributed by atoms with Crippen LogP contribution in [0.2, 0.25) is 0 Å². The summed E-state index contributed by atoms with van der Waals surface area (Å²) in [6, 6.07) is 4.82. The average molecular weight is 334 g/mol. The van der Waals surface area contributed by atoms with Crippen molar-refractivity contribution < 1.29 is 24.9 Å². The fraction of sp³-hybridized carbons (Fsp3) is 0.417. The van der Waals surface area contributed by atoms with Crippen molar-refractivity contribution in [2.45, 2.75) is 5.54 Å². The zero-order valence-corrected chi connectivity index (χ0v) is 12.0. The number of nitrogens with one attached hydrogen (secondary N) is 1. The lowest BCUT2D eigenvalue weighted by Gasteiger charge is -2.28. The van der Waals surface area contributed by atoms with Crippen LogP contribution in [0.15, 0.2) is 22.7 Å². The molecule has 0 spiro atoms. The van der Waals surface area contributed by atoms with Gasteiger partial charge in [0.15, 0.2) is 0 Å². The monoisotopic (exact) mass is 333 g/mol. The molecule has 0 radical (unpaired) electrons. The fourth-order valence-corrected chi connectivity index (χ4v) is 1.77. The quantitative estimate of drug-likeness (QED) is 0.583. The number of benzene rings is 1. The number of carbonyl (C=O) groups excluding carboxylic acids is 1. The molecule has 0 aliphatic rings. The van der Waals surface area contributed by atoms with E-state index < -0.39 is 31.3 Å². The van der Waals surface area contributed by atoms with Gasteiger partial charge in [0.25, 0.3) is 5.91 Å². The summed E-state index contributed by atoms with van der Waals surface area (Å²) in [5.74, 6) is -0.212. The van der Waals surface area contributed by atoms with Crippen molar-refractivity contribution in [3.63, 3.8) is 0 Å². The lowest BCUT2D eigenvalue weighted by Crippen LogP contribution is -2.57. The highest BCUT2D eigenvalue weighted by Gasteiger charge is 2.31. The van der Waals surface area contributed by atoms with Crippen LogP contribution in [-0.4, -0.2) is 53.7 Å². The van der Waals surface area contributed by atoms with E-state index in [0.717, 1.165) is 4.47 Å². The highest BCUT2D eigenvalue weighted by Crippen LogP contribution is 2.23. The van der Waals surface area contributed by atoms with E-state index in [4.69, 9.17) is 20.1 Å². The molecule has 0 saturated carbocycles. The Labute approximate surface area is 119 Å². The number of hydrogen-bond donors (Lipinski definition) is 4. The van der Waals surface area contributed by atoms with E-state index in [-0.39, 0.29) is 5.56 Å². The highest BCUT2D eigenvalue weighted by molar-refractivity contribution is 9.10. The molecule has 1 rings (SSSR count). The van der Waals surface area contributed by atoms with Crippen LogP contribution in [0.4, 0.5) is 0 Å². The van der Waals surface area contributed by atoms with E-state index in [1.54, 1.807) is 12.1 Å². The summed E-state index contributed by atoms with van der Waals surface area (Å²) in [4.78, 5) is 12.1. The number of ether oxygens (including phenoxy) is 1. The van der Waals surface area contributed by atoms with Crippen molar-refractivity contribution in [3.05, 3.63) is 28.2 Å². The van der Waals surface area contributed by atoms with Gasteiger partial charge in [-0.1, -0.05) is 15.9 Å². The molecular weight excluding hydrogens is 318 g/mol. The number of amides is 1. The summed E-state index contributed by atoms with van der Waals surface area (Å²) < 4.78 is 5.83. The van der Waals surface area contributed by atoms with Gasteiger partial charge in [-0.05, 0) is 18.2 Å². The van der Waals surface area contributed by atoms with Crippen LogP contribution in [0.5, 0.6) is 5.75 Å². The minimum atomic E-state index is -1.46. The second-order valence-corrected chi connectivity index (χ2v) is 4.97. The Morgan fingerprint density at radius 3 is 2.37 bits per heavy atom. The van der Waals surface area contributed by atoms with E-state index in [2.05, 4.69) is 21.2 Å². The van der Waals surface area contributed by atoms with Gasteiger partial charge in [0.1, 0.15) is 11.3 Å². The van der Waals surface area contributed by atoms with Crippen molar-refractivity contribution >= 4 is 21.8 Å². The Hall–Kier alpha value is -1.15. The maximum absolute atomic E-state index is 12.1. The Balaban J connectivity index is 3.01. The van der Waals surface area contributed by atoms with E-state index in [1.807, 2.05) is 0 Å². The Kier molecular flexibility index (Phi) is 5.74. The number of methoxy groups -OCH3 is 1. The van der Waals surface area contributed by atoms with Gasteiger partial charge in [0.2, 0.25) is 0 Å². The van der Waals surface area contributed by atoms with E-state index in [0.29, 0.717) is 5.75 Å². The molecule has 0 unspecified atom stereocenters. The number of hydrogen-bond acceptors (Lipinski definition) is 5. The molecule has 0 bridgehead atoms. The summed E-state index contributed by atoms with van der Waals surface area (Å²) in [6.45, 7) is -1.74. The SMILES string of the molecule is COc1cc(Br)ccc1C(=O)NC(CO)(CO)CO. The third kappa shape index (κ3) is 3.66. The van der Waals surface area contributed by atoms with E-state index in [1.165, 1.54) is 13.2 Å². The largest absolute Gasteiger partial charge is 0.496 e. The minimum absolute atomic E-state index is 0.241. The summed E-state index contributed by atoms with van der Waals surface area (Å²) in [5, 5.41) is 29.9. The maximum Gasteiger partial charge on any atom is 0.255 e. The first-order valence-electron chi connectivity index (χ1n) is 5.50. The molecule has 0 aliphatic heterocycles. The average Bonchev–Trinajstić information content (AvgIpc) is 2.44. The Morgan fingerprint density at radius 1 is 1.32 bits per heavy atom. The molecule has 0 atom stereocenters. The number of rotatable bonds is 6. The van der Waals surface area contributed by atoms with Gasteiger partial charge in [-0.3, -0.25) is 4.79 Å². The zero-order valence-electron chi connectivity index (χ0n) is 10.4. The van der Waals surface area contributed by atoms with Gasteiger partial charge >= 0.3 is 0 Å². The predicted molar refractivity (Wildman–Crippen MR) is 72.1 cm³/mol. The van der Waals surface area contributed by atoms with Crippen molar-refractivity contribution in [3.8, 4) is 5.75 Å². The molecule has 0 aliphatic carbocycles. The molecule has 0 saturated heterocycles. The van der Waals surface area contributed by atoms with Crippen LogP contribution >= 0.6 is 15.9 Å². The van der Waals surface area contributed by atoms with Gasteiger partial charge in [0, 0.05) is 4.47 Å². The first-order valence-corrected chi connectivity index (χ1v) is 6.30. The summed E-state index contributed by atoms with van der Waals surface area (Å²) in [6.07, 6.45) is 0. The van der Waals surface area contributed by atoms with Crippen LogP contribution in [0, 0.1) is 0 Å². The third-order valence-corrected chi connectivity index (χ3v) is 3.19. The zero-order chi connectivity index (χ0) is 14.5. The number of carbonyl (C=O) groups is 1. The summed E-state index contributed by atoms with van der Waals surface area (Å²) >= 11 is 3.26. The van der Waals surface area contributed by atoms with E-state index in [9.17, 15) is 4.79 Å². The van der Waals surface area contributed by atoms with Crippen LogP contribution < -0.4 is 10.1 Å². The molecule has 1 aromatic rings. The first kappa shape index (κ1) is 15.9. The number of aliphatic hydroxyl groups is 3. The molecule has 106 valence electrons. The van der Waals surface area contributed by atoms with Crippen molar-refractivity contribution in [2.24, 2.45) is 0 Å². The molecule has 4 N–H and O–H groups in total. The Morgan fingerprint density at radius 2 is 1.89 bits per heavy atom. The van der Waals surface area contributed by atoms with Crippen LogP contribution in [-0.2, 0) is 0 Å². The van der Waals surface area contributed by atoms with Gasteiger partial charge in [-0.2, -0.15) is 0 Å². The lowest BCUT2D eigenvalue weighted by molar-refractivity contribution is 0.0374. The molecule has 19 heavy (non-hydrogen) atoms. The first-order chi connectivity index (χ1) is 9.01. The summed E-state index contributed by atoms with van der Waals surface area (Å²) in [7, 11) is 1.43. The molecule has 0 aromatic heterocycles. The molecule has 0 heterocycles. The normalized spacial score (nSPS) is 11.2. The molecule has 1 aromatic carbocycles. The van der Waals surface area contributed by atoms with E-state index >= 15 is 0 Å². The van der Waals surface area contributed by atoms with Crippen molar-refractivity contribution in [2.75, 3.05) is 26.9 Å². The maximum atomic E-state index is 12.1. The highest BCUT2D eigenvalue weighted by atomic mass is 79.9. The standard InChI is InChI=1S/C12H16BrNO5/c1-19-10-4-8(13)2-3-9(10)11(18)14-12(5-15,6-16)7-17/h2-4,15-17H,5-7H2,1H3,(H,14,18). The van der Waals surface area contributed by atoms with Crippen LogP contribution in [0.25, 0.3) is 0 Å². The Bertz CT molecular complexity index is 439. The minimum Gasteiger partial charge on any atom is -0.496 e.